The number of alkyl halides is 1. The molecule has 5 heteroatoms. The lowest BCUT2D eigenvalue weighted by Crippen LogP contribution is -2.36. The molecule has 0 bridgehead atoms. The van der Waals surface area contributed by atoms with Crippen LogP contribution in [0.5, 0.6) is 0 Å². The van der Waals surface area contributed by atoms with Crippen LogP contribution in [0.1, 0.15) is 11.7 Å². The van der Waals surface area contributed by atoms with Gasteiger partial charge in [-0.05, 0) is 6.07 Å². The summed E-state index contributed by atoms with van der Waals surface area (Å²) in [5.74, 6) is -0.803. The number of carbonyl (C=O) groups is 1. The van der Waals surface area contributed by atoms with Crippen molar-refractivity contribution in [1.29, 1.82) is 0 Å². The van der Waals surface area contributed by atoms with E-state index < -0.39 is 18.2 Å². The monoisotopic (exact) mass is 231 g/mol. The molecular formula is C10H11ClFNO2. The molecule has 2 N–H and O–H groups in total. The van der Waals surface area contributed by atoms with Crippen LogP contribution < -0.4 is 5.73 Å². The van der Waals surface area contributed by atoms with Crippen LogP contribution in [0.15, 0.2) is 24.3 Å². The first kappa shape index (κ1) is 11.9. The fraction of sp³-hybridized carbons (Fsp3) is 0.300. The van der Waals surface area contributed by atoms with E-state index >= 15 is 0 Å². The maximum atomic E-state index is 13.7. The second kappa shape index (κ2) is 5.09. The molecular weight excluding hydrogens is 221 g/mol. The highest BCUT2D eigenvalue weighted by atomic mass is 35.5. The van der Waals surface area contributed by atoms with Crippen LogP contribution in [0.25, 0.3) is 0 Å². The molecule has 0 amide bonds. The van der Waals surface area contributed by atoms with Gasteiger partial charge in [0.05, 0.1) is 7.11 Å². The maximum Gasteiger partial charge on any atom is 0.326 e. The summed E-state index contributed by atoms with van der Waals surface area (Å²) < 4.78 is 18.1. The van der Waals surface area contributed by atoms with Crippen molar-refractivity contribution in [3.8, 4) is 0 Å². The van der Waals surface area contributed by atoms with Gasteiger partial charge in [-0.1, -0.05) is 29.8 Å². The molecule has 82 valence electrons. The molecule has 3 nitrogen and oxygen atoms in total. The van der Waals surface area contributed by atoms with Crippen molar-refractivity contribution >= 4 is 17.6 Å². The first-order chi connectivity index (χ1) is 7.07. The molecule has 1 aromatic carbocycles. The highest BCUT2D eigenvalue weighted by Crippen LogP contribution is 2.27. The largest absolute Gasteiger partial charge is 0.468 e. The zero-order valence-corrected chi connectivity index (χ0v) is 8.87. The van der Waals surface area contributed by atoms with E-state index in [2.05, 4.69) is 4.74 Å². The maximum absolute atomic E-state index is 13.7. The van der Waals surface area contributed by atoms with Crippen molar-refractivity contribution in [3.63, 3.8) is 0 Å². The lowest BCUT2D eigenvalue weighted by molar-refractivity contribution is -0.143. The van der Waals surface area contributed by atoms with Crippen molar-refractivity contribution in [3.05, 3.63) is 34.9 Å². The topological polar surface area (TPSA) is 52.3 Å². The number of halogens is 2. The highest BCUT2D eigenvalue weighted by Gasteiger charge is 2.27. The first-order valence-electron chi connectivity index (χ1n) is 4.30. The molecule has 1 aromatic rings. The molecule has 0 saturated carbocycles. The van der Waals surface area contributed by atoms with Crippen LogP contribution in [-0.2, 0) is 9.53 Å². The van der Waals surface area contributed by atoms with Crippen molar-refractivity contribution < 1.29 is 13.9 Å². The third-order valence-corrected chi connectivity index (χ3v) is 2.34. The summed E-state index contributed by atoms with van der Waals surface area (Å²) in [4.78, 5) is 11.0. The summed E-state index contributed by atoms with van der Waals surface area (Å²) in [6.45, 7) is 0. The standard InChI is InChI=1S/C10H11ClFNO2/c1-15-10(14)9(13)8(12)6-4-2-3-5-7(6)11/h2-5,8-9H,13H2,1H3. The Labute approximate surface area is 92.0 Å². The van der Waals surface area contributed by atoms with E-state index in [0.717, 1.165) is 7.11 Å². The van der Waals surface area contributed by atoms with Gasteiger partial charge >= 0.3 is 5.97 Å². The minimum absolute atomic E-state index is 0.192. The number of methoxy groups -OCH3 is 1. The van der Waals surface area contributed by atoms with E-state index in [1.54, 1.807) is 12.1 Å². The molecule has 0 fully saturated rings. The van der Waals surface area contributed by atoms with Gasteiger partial charge in [0, 0.05) is 10.6 Å². The number of rotatable bonds is 3. The van der Waals surface area contributed by atoms with Crippen molar-refractivity contribution in [2.24, 2.45) is 5.73 Å². The number of esters is 1. The number of carbonyl (C=O) groups excluding carboxylic acids is 1. The van der Waals surface area contributed by atoms with Gasteiger partial charge in [0.25, 0.3) is 0 Å². The van der Waals surface area contributed by atoms with E-state index in [1.807, 2.05) is 0 Å². The smallest absolute Gasteiger partial charge is 0.326 e. The second-order valence-electron chi connectivity index (χ2n) is 2.97. The Morgan fingerprint density at radius 1 is 1.53 bits per heavy atom. The van der Waals surface area contributed by atoms with Crippen LogP contribution >= 0.6 is 11.6 Å². The predicted octanol–water partition coefficient (Wildman–Crippen LogP) is 1.85. The van der Waals surface area contributed by atoms with E-state index in [9.17, 15) is 9.18 Å². The van der Waals surface area contributed by atoms with E-state index in [0.29, 0.717) is 0 Å². The van der Waals surface area contributed by atoms with Crippen LogP contribution in [0, 0.1) is 0 Å². The van der Waals surface area contributed by atoms with Gasteiger partial charge in [-0.15, -0.1) is 0 Å². The molecule has 0 aliphatic rings. The summed E-state index contributed by atoms with van der Waals surface area (Å²) >= 11 is 5.76. The third-order valence-electron chi connectivity index (χ3n) is 1.99. The minimum Gasteiger partial charge on any atom is -0.468 e. The van der Waals surface area contributed by atoms with Gasteiger partial charge < -0.3 is 10.5 Å². The van der Waals surface area contributed by atoms with Gasteiger partial charge in [-0.3, -0.25) is 4.79 Å². The molecule has 0 spiro atoms. The van der Waals surface area contributed by atoms with Gasteiger partial charge in [0.1, 0.15) is 6.04 Å². The number of benzene rings is 1. The molecule has 1 rings (SSSR count). The predicted molar refractivity (Wildman–Crippen MR) is 55.3 cm³/mol. The number of nitrogens with two attached hydrogens (primary N) is 1. The van der Waals surface area contributed by atoms with Crippen LogP contribution in [0.2, 0.25) is 5.02 Å². The first-order valence-corrected chi connectivity index (χ1v) is 4.67. The lowest BCUT2D eigenvalue weighted by atomic mass is 10.0. The molecule has 0 aliphatic carbocycles. The lowest BCUT2D eigenvalue weighted by Gasteiger charge is -2.15. The molecule has 0 heterocycles. The quantitative estimate of drug-likeness (QED) is 0.808. The fourth-order valence-corrected chi connectivity index (χ4v) is 1.39. The summed E-state index contributed by atoms with van der Waals surface area (Å²) in [5, 5.41) is 0.240. The van der Waals surface area contributed by atoms with Crippen LogP contribution in [0.4, 0.5) is 4.39 Å². The zero-order valence-electron chi connectivity index (χ0n) is 8.11. The Morgan fingerprint density at radius 2 is 2.13 bits per heavy atom. The van der Waals surface area contributed by atoms with Gasteiger partial charge in [-0.25, -0.2) is 4.39 Å². The molecule has 0 aromatic heterocycles. The molecule has 0 aliphatic heterocycles. The summed E-state index contributed by atoms with van der Waals surface area (Å²) in [5.41, 5.74) is 5.56. The molecule has 0 radical (unpaired) electrons. The Bertz CT molecular complexity index is 359. The van der Waals surface area contributed by atoms with E-state index in [-0.39, 0.29) is 10.6 Å². The van der Waals surface area contributed by atoms with Crippen molar-refractivity contribution in [1.82, 2.24) is 0 Å². The summed E-state index contributed by atoms with van der Waals surface area (Å²) in [6.07, 6.45) is -1.66. The van der Waals surface area contributed by atoms with Gasteiger partial charge in [0.2, 0.25) is 0 Å². The average Bonchev–Trinajstić information content (AvgIpc) is 2.26. The Morgan fingerprint density at radius 3 is 2.67 bits per heavy atom. The van der Waals surface area contributed by atoms with Crippen LogP contribution in [0.3, 0.4) is 0 Å². The van der Waals surface area contributed by atoms with Crippen molar-refractivity contribution in [2.75, 3.05) is 7.11 Å². The van der Waals surface area contributed by atoms with Gasteiger partial charge in [0.15, 0.2) is 6.17 Å². The Balaban J connectivity index is 2.89. The zero-order chi connectivity index (χ0) is 11.4. The highest BCUT2D eigenvalue weighted by molar-refractivity contribution is 6.31. The fourth-order valence-electron chi connectivity index (χ4n) is 1.15. The van der Waals surface area contributed by atoms with E-state index in [4.69, 9.17) is 17.3 Å². The van der Waals surface area contributed by atoms with Crippen LogP contribution in [-0.4, -0.2) is 19.1 Å². The average molecular weight is 232 g/mol. The molecule has 0 saturated heterocycles. The van der Waals surface area contributed by atoms with Gasteiger partial charge in [-0.2, -0.15) is 0 Å². The summed E-state index contributed by atoms with van der Waals surface area (Å²) in [7, 11) is 1.15. The SMILES string of the molecule is COC(=O)C(N)C(F)c1ccccc1Cl. The number of hydrogen-bond donors (Lipinski definition) is 1. The van der Waals surface area contributed by atoms with Crippen molar-refractivity contribution in [2.45, 2.75) is 12.2 Å². The summed E-state index contributed by atoms with van der Waals surface area (Å²) in [6, 6.07) is 4.96. The molecule has 2 atom stereocenters. The number of hydrogen-bond acceptors (Lipinski definition) is 3. The third kappa shape index (κ3) is 2.67. The van der Waals surface area contributed by atoms with E-state index in [1.165, 1.54) is 12.1 Å². The molecule has 2 unspecified atom stereocenters. The minimum atomic E-state index is -1.66. The normalized spacial score (nSPS) is 14.4. The second-order valence-corrected chi connectivity index (χ2v) is 3.38. The Hall–Kier alpha value is -1.13. The Kier molecular flexibility index (Phi) is 4.05. The number of ether oxygens (including phenoxy) is 1. The molecule has 15 heavy (non-hydrogen) atoms.